The van der Waals surface area contributed by atoms with Crippen LogP contribution in [0, 0.1) is 5.82 Å². The predicted octanol–water partition coefficient (Wildman–Crippen LogP) is 4.45. The van der Waals surface area contributed by atoms with Crippen molar-refractivity contribution >= 4 is 17.4 Å². The summed E-state index contributed by atoms with van der Waals surface area (Å²) in [6.45, 7) is 1.48. The molecule has 1 aromatic heterocycles. The van der Waals surface area contributed by atoms with Crippen LogP contribution in [0.4, 0.5) is 10.1 Å². The van der Waals surface area contributed by atoms with Gasteiger partial charge >= 0.3 is 0 Å². The molecule has 1 amide bonds. The first kappa shape index (κ1) is 17.6. The van der Waals surface area contributed by atoms with Crippen LogP contribution in [0.15, 0.2) is 73.1 Å². The molecule has 0 fully saturated rings. The Balaban J connectivity index is 1.78. The van der Waals surface area contributed by atoms with Crippen LogP contribution in [0.3, 0.4) is 0 Å². The molecule has 0 radical (unpaired) electrons. The zero-order valence-electron chi connectivity index (χ0n) is 14.4. The fraction of sp³-hybridized carbons (Fsp3) is 0.143. The lowest BCUT2D eigenvalue weighted by molar-refractivity contribution is -0.116. The number of benzene rings is 2. The van der Waals surface area contributed by atoms with E-state index in [1.807, 2.05) is 29.1 Å². The van der Waals surface area contributed by atoms with Crippen LogP contribution in [0.1, 0.15) is 35.3 Å². The van der Waals surface area contributed by atoms with Gasteiger partial charge in [-0.15, -0.1) is 0 Å². The van der Waals surface area contributed by atoms with Gasteiger partial charge in [-0.25, -0.2) is 4.39 Å². The molecule has 2 aromatic carbocycles. The molecule has 0 saturated carbocycles. The predicted molar refractivity (Wildman–Crippen MR) is 98.7 cm³/mol. The lowest BCUT2D eigenvalue weighted by Crippen LogP contribution is -2.19. The summed E-state index contributed by atoms with van der Waals surface area (Å²) in [7, 11) is 0. The van der Waals surface area contributed by atoms with Crippen LogP contribution in [-0.4, -0.2) is 16.3 Å². The second kappa shape index (κ2) is 7.78. The van der Waals surface area contributed by atoms with Gasteiger partial charge in [0.15, 0.2) is 5.78 Å². The maximum Gasteiger partial charge on any atom is 0.226 e. The second-order valence-corrected chi connectivity index (χ2v) is 6.09. The van der Waals surface area contributed by atoms with E-state index in [1.165, 1.54) is 19.1 Å². The first-order chi connectivity index (χ1) is 12.5. The lowest BCUT2D eigenvalue weighted by atomic mass is 10.0. The highest BCUT2D eigenvalue weighted by Crippen LogP contribution is 2.23. The molecule has 5 heteroatoms. The average molecular weight is 350 g/mol. The van der Waals surface area contributed by atoms with Crippen LogP contribution >= 0.6 is 0 Å². The van der Waals surface area contributed by atoms with Crippen molar-refractivity contribution in [3.8, 4) is 0 Å². The fourth-order valence-electron chi connectivity index (χ4n) is 2.84. The van der Waals surface area contributed by atoms with E-state index < -0.39 is 0 Å². The molecule has 4 nitrogen and oxygen atoms in total. The van der Waals surface area contributed by atoms with E-state index in [1.54, 1.807) is 36.4 Å². The highest BCUT2D eigenvalue weighted by Gasteiger charge is 2.18. The van der Waals surface area contributed by atoms with Gasteiger partial charge in [0.25, 0.3) is 0 Å². The number of aromatic nitrogens is 1. The number of anilines is 1. The smallest absolute Gasteiger partial charge is 0.226 e. The Bertz CT molecular complexity index is 902. The third-order valence-corrected chi connectivity index (χ3v) is 4.17. The number of amides is 1. The van der Waals surface area contributed by atoms with Crippen molar-refractivity contribution in [1.82, 2.24) is 4.57 Å². The van der Waals surface area contributed by atoms with Crippen molar-refractivity contribution in [3.63, 3.8) is 0 Å². The molecule has 0 bridgehead atoms. The summed E-state index contributed by atoms with van der Waals surface area (Å²) in [5.41, 5.74) is 1.96. The van der Waals surface area contributed by atoms with E-state index in [0.717, 1.165) is 5.56 Å². The van der Waals surface area contributed by atoms with Gasteiger partial charge in [-0.05, 0) is 48.9 Å². The van der Waals surface area contributed by atoms with E-state index in [0.29, 0.717) is 11.3 Å². The van der Waals surface area contributed by atoms with Crippen molar-refractivity contribution in [2.45, 2.75) is 19.4 Å². The Morgan fingerprint density at radius 2 is 1.73 bits per heavy atom. The molecule has 0 spiro atoms. The number of Topliss-reactive ketones (excluding diaryl/α,β-unsaturated/α-hetero) is 1. The topological polar surface area (TPSA) is 51.1 Å². The van der Waals surface area contributed by atoms with Crippen molar-refractivity contribution in [2.75, 3.05) is 5.32 Å². The summed E-state index contributed by atoms with van der Waals surface area (Å²) >= 11 is 0. The van der Waals surface area contributed by atoms with Gasteiger partial charge in [0.1, 0.15) is 5.82 Å². The van der Waals surface area contributed by atoms with E-state index in [4.69, 9.17) is 0 Å². The van der Waals surface area contributed by atoms with Crippen LogP contribution in [-0.2, 0) is 4.79 Å². The van der Waals surface area contributed by atoms with Crippen LogP contribution in [0.25, 0.3) is 0 Å². The number of halogens is 1. The molecule has 0 saturated heterocycles. The van der Waals surface area contributed by atoms with Gasteiger partial charge in [-0.3, -0.25) is 9.59 Å². The highest BCUT2D eigenvalue weighted by atomic mass is 19.1. The number of hydrogen-bond acceptors (Lipinski definition) is 2. The average Bonchev–Trinajstić information content (AvgIpc) is 3.15. The largest absolute Gasteiger partial charge is 0.346 e. The number of nitrogens with zero attached hydrogens (tertiary/aromatic N) is 1. The number of hydrogen-bond donors (Lipinski definition) is 1. The number of rotatable bonds is 6. The molecule has 0 aliphatic rings. The molecular formula is C21H19FN2O2. The molecule has 3 aromatic rings. The fourth-order valence-corrected chi connectivity index (χ4v) is 2.84. The van der Waals surface area contributed by atoms with Crippen LogP contribution in [0.2, 0.25) is 0 Å². The summed E-state index contributed by atoms with van der Waals surface area (Å²) in [5.74, 6) is -0.558. The standard InChI is InChI=1S/C21H19FN2O2/c1-15(25)17-5-4-6-19(13-17)23-21(26)14-20(24-11-2-3-12-24)16-7-9-18(22)10-8-16/h2-13,20H,14H2,1H3,(H,23,26). The third-order valence-electron chi connectivity index (χ3n) is 4.17. The Morgan fingerprint density at radius 3 is 2.38 bits per heavy atom. The lowest BCUT2D eigenvalue weighted by Gasteiger charge is -2.19. The molecule has 0 aliphatic heterocycles. The van der Waals surface area contributed by atoms with E-state index in [9.17, 15) is 14.0 Å². The van der Waals surface area contributed by atoms with Crippen molar-refractivity contribution in [3.05, 3.63) is 90.0 Å². The van der Waals surface area contributed by atoms with Gasteiger partial charge in [0.05, 0.1) is 12.5 Å². The van der Waals surface area contributed by atoms with Gasteiger partial charge < -0.3 is 9.88 Å². The first-order valence-electron chi connectivity index (χ1n) is 8.32. The monoisotopic (exact) mass is 350 g/mol. The number of carbonyl (C=O) groups excluding carboxylic acids is 2. The molecule has 1 unspecified atom stereocenters. The summed E-state index contributed by atoms with van der Waals surface area (Å²) in [6.07, 6.45) is 3.93. The zero-order chi connectivity index (χ0) is 18.5. The molecule has 1 N–H and O–H groups in total. The summed E-state index contributed by atoms with van der Waals surface area (Å²) < 4.78 is 15.1. The minimum absolute atomic E-state index is 0.0578. The molecule has 3 rings (SSSR count). The van der Waals surface area contributed by atoms with Crippen LogP contribution in [0.5, 0.6) is 0 Å². The Hall–Kier alpha value is -3.21. The maximum atomic E-state index is 13.2. The quantitative estimate of drug-likeness (QED) is 0.668. The van der Waals surface area contributed by atoms with Crippen molar-refractivity contribution < 1.29 is 14.0 Å². The molecule has 26 heavy (non-hydrogen) atoms. The SMILES string of the molecule is CC(=O)c1cccc(NC(=O)CC(c2ccc(F)cc2)n2cccc2)c1. The molecule has 0 aliphatic carbocycles. The number of carbonyl (C=O) groups is 2. The summed E-state index contributed by atoms with van der Waals surface area (Å²) in [5, 5.41) is 2.83. The Labute approximate surface area is 151 Å². The Kier molecular flexibility index (Phi) is 5.27. The summed E-state index contributed by atoms with van der Waals surface area (Å²) in [6, 6.07) is 16.5. The van der Waals surface area contributed by atoms with E-state index in [-0.39, 0.29) is 30.0 Å². The Morgan fingerprint density at radius 1 is 1.04 bits per heavy atom. The van der Waals surface area contributed by atoms with Gasteiger partial charge in [-0.1, -0.05) is 24.3 Å². The van der Waals surface area contributed by atoms with Gasteiger partial charge in [0.2, 0.25) is 5.91 Å². The van der Waals surface area contributed by atoms with Gasteiger partial charge in [0, 0.05) is 23.6 Å². The highest BCUT2D eigenvalue weighted by molar-refractivity contribution is 5.97. The van der Waals surface area contributed by atoms with Gasteiger partial charge in [-0.2, -0.15) is 0 Å². The van der Waals surface area contributed by atoms with Crippen molar-refractivity contribution in [2.24, 2.45) is 0 Å². The first-order valence-corrected chi connectivity index (χ1v) is 8.32. The molecule has 1 heterocycles. The number of nitrogens with one attached hydrogen (secondary N) is 1. The third kappa shape index (κ3) is 4.25. The second-order valence-electron chi connectivity index (χ2n) is 6.09. The molecule has 132 valence electrons. The van der Waals surface area contributed by atoms with Crippen molar-refractivity contribution in [1.29, 1.82) is 0 Å². The molecular weight excluding hydrogens is 331 g/mol. The molecule has 1 atom stereocenters. The maximum absolute atomic E-state index is 13.2. The van der Waals surface area contributed by atoms with E-state index in [2.05, 4.69) is 5.32 Å². The number of ketones is 1. The zero-order valence-corrected chi connectivity index (χ0v) is 14.4. The minimum atomic E-state index is -0.314. The minimum Gasteiger partial charge on any atom is -0.346 e. The van der Waals surface area contributed by atoms with Crippen LogP contribution < -0.4 is 5.32 Å². The van der Waals surface area contributed by atoms with E-state index >= 15 is 0 Å². The normalized spacial score (nSPS) is 11.8. The summed E-state index contributed by atoms with van der Waals surface area (Å²) in [4.78, 5) is 24.0.